The molecule has 1 aromatic heterocycles. The van der Waals surface area contributed by atoms with Crippen LogP contribution < -0.4 is 10.2 Å². The maximum absolute atomic E-state index is 12.5. The van der Waals surface area contributed by atoms with Crippen molar-refractivity contribution in [1.82, 2.24) is 30.0 Å². The van der Waals surface area contributed by atoms with Crippen molar-refractivity contribution in [3.05, 3.63) is 42.2 Å². The third-order valence-corrected chi connectivity index (χ3v) is 7.02. The molecule has 2 aromatic rings. The largest absolute Gasteiger partial charge is 0.444 e. The first-order valence-corrected chi connectivity index (χ1v) is 14.1. The van der Waals surface area contributed by atoms with Crippen LogP contribution in [0.4, 0.5) is 10.7 Å². The molecule has 0 spiro atoms. The Morgan fingerprint density at radius 3 is 2.27 bits per heavy atom. The van der Waals surface area contributed by atoms with E-state index in [1.54, 1.807) is 32.7 Å². The van der Waals surface area contributed by atoms with Crippen LogP contribution in [0.3, 0.4) is 0 Å². The Balaban J connectivity index is 1.24. The molecule has 2 fully saturated rings. The number of nitrogens with zero attached hydrogens (tertiary/aromatic N) is 6. The Hall–Kier alpha value is -3.28. The molecule has 0 bridgehead atoms. The molecule has 0 unspecified atom stereocenters. The minimum absolute atomic E-state index is 0.122. The van der Waals surface area contributed by atoms with Crippen LogP contribution >= 0.6 is 0 Å². The molecule has 40 heavy (non-hydrogen) atoms. The average Bonchev–Trinajstić information content (AvgIpc) is 2.95. The molecule has 11 heteroatoms. The Kier molecular flexibility index (Phi) is 10.3. The first-order valence-electron chi connectivity index (χ1n) is 14.1. The van der Waals surface area contributed by atoms with E-state index in [4.69, 9.17) is 9.47 Å². The lowest BCUT2D eigenvalue weighted by Gasteiger charge is -2.36. The van der Waals surface area contributed by atoms with Gasteiger partial charge in [0.15, 0.2) is 0 Å². The number of morpholine rings is 1. The molecule has 0 atom stereocenters. The average molecular weight is 554 g/mol. The molecule has 3 heterocycles. The fourth-order valence-electron chi connectivity index (χ4n) is 4.72. The predicted molar refractivity (Wildman–Crippen MR) is 154 cm³/mol. The maximum Gasteiger partial charge on any atom is 0.408 e. The molecule has 11 nitrogen and oxygen atoms in total. The highest BCUT2D eigenvalue weighted by atomic mass is 16.6. The lowest BCUT2D eigenvalue weighted by Crippen LogP contribution is -2.49. The van der Waals surface area contributed by atoms with E-state index in [0.29, 0.717) is 6.54 Å². The van der Waals surface area contributed by atoms with Crippen LogP contribution in [0.25, 0.3) is 11.1 Å². The number of likely N-dealkylation sites (N-methyl/N-ethyl adjacent to an activating group) is 1. The van der Waals surface area contributed by atoms with Crippen LogP contribution in [0.1, 0.15) is 26.3 Å². The van der Waals surface area contributed by atoms with Crippen LogP contribution in [0, 0.1) is 0 Å². The minimum atomic E-state index is -0.612. The predicted octanol–water partition coefficient (Wildman–Crippen LogP) is 2.08. The van der Waals surface area contributed by atoms with Crippen molar-refractivity contribution < 1.29 is 19.1 Å². The summed E-state index contributed by atoms with van der Waals surface area (Å²) >= 11 is 0. The Labute approximate surface area is 237 Å². The molecular formula is C29H43N7O4. The van der Waals surface area contributed by atoms with Gasteiger partial charge in [-0.25, -0.2) is 14.8 Å². The summed E-state index contributed by atoms with van der Waals surface area (Å²) < 4.78 is 10.6. The molecule has 4 rings (SSSR count). The summed E-state index contributed by atoms with van der Waals surface area (Å²) in [5.41, 5.74) is 2.28. The van der Waals surface area contributed by atoms with Crippen molar-refractivity contribution in [2.45, 2.75) is 32.9 Å². The zero-order chi connectivity index (χ0) is 28.5. The highest BCUT2D eigenvalue weighted by molar-refractivity contribution is 5.82. The fraction of sp³-hybridized carbons (Fsp3) is 0.586. The number of benzene rings is 1. The summed E-state index contributed by atoms with van der Waals surface area (Å²) in [7, 11) is 1.71. The highest BCUT2D eigenvalue weighted by Gasteiger charge is 2.21. The van der Waals surface area contributed by atoms with Gasteiger partial charge in [-0.1, -0.05) is 18.2 Å². The van der Waals surface area contributed by atoms with E-state index in [-0.39, 0.29) is 12.5 Å². The standard InChI is InChI=1S/C29H43N7O4/c1-29(2,3)40-28(38)32-21-26(37)33(4)22-23-6-5-7-24(18-23)25-19-30-27(31-20-25)36-12-10-34(11-13-36)8-9-35-14-16-39-17-15-35/h5-7,18-20H,8-17,21-22H2,1-4H3,(H,32,38). The number of amides is 2. The summed E-state index contributed by atoms with van der Waals surface area (Å²) in [5, 5.41) is 2.52. The van der Waals surface area contributed by atoms with Crippen molar-refractivity contribution in [3.63, 3.8) is 0 Å². The van der Waals surface area contributed by atoms with Crippen LogP contribution in [0.5, 0.6) is 0 Å². The Bertz CT molecular complexity index is 1110. The van der Waals surface area contributed by atoms with Crippen LogP contribution in [0.2, 0.25) is 0 Å². The van der Waals surface area contributed by atoms with Crippen molar-refractivity contribution in [3.8, 4) is 11.1 Å². The van der Waals surface area contributed by atoms with Crippen LogP contribution in [-0.2, 0) is 20.8 Å². The Morgan fingerprint density at radius 1 is 0.975 bits per heavy atom. The van der Waals surface area contributed by atoms with Gasteiger partial charge >= 0.3 is 6.09 Å². The van der Waals surface area contributed by atoms with E-state index in [2.05, 4.69) is 30.0 Å². The molecule has 0 saturated carbocycles. The Morgan fingerprint density at radius 2 is 1.62 bits per heavy atom. The van der Waals surface area contributed by atoms with E-state index in [1.165, 1.54) is 0 Å². The number of carbonyl (C=O) groups is 2. The van der Waals surface area contributed by atoms with Crippen molar-refractivity contribution in [1.29, 1.82) is 0 Å². The maximum atomic E-state index is 12.5. The number of aromatic nitrogens is 2. The lowest BCUT2D eigenvalue weighted by atomic mass is 10.1. The molecule has 218 valence electrons. The van der Waals surface area contributed by atoms with Gasteiger partial charge < -0.3 is 24.6 Å². The third-order valence-electron chi connectivity index (χ3n) is 7.02. The molecule has 0 aliphatic carbocycles. The van der Waals surface area contributed by atoms with Crippen LogP contribution in [-0.4, -0.2) is 121 Å². The van der Waals surface area contributed by atoms with Gasteiger partial charge in [0, 0.05) is 83.9 Å². The number of alkyl carbamates (subject to hydrolysis) is 1. The fourth-order valence-corrected chi connectivity index (χ4v) is 4.72. The second-order valence-electron chi connectivity index (χ2n) is 11.4. The van der Waals surface area contributed by atoms with Gasteiger partial charge in [-0.05, 0) is 38.0 Å². The van der Waals surface area contributed by atoms with Crippen LogP contribution in [0.15, 0.2) is 36.7 Å². The number of rotatable bonds is 9. The summed E-state index contributed by atoms with van der Waals surface area (Å²) in [6.45, 7) is 15.4. The smallest absolute Gasteiger partial charge is 0.408 e. The summed E-state index contributed by atoms with van der Waals surface area (Å²) in [6, 6.07) is 7.99. The molecule has 2 amide bonds. The number of piperazine rings is 1. The van der Waals surface area contributed by atoms with Gasteiger partial charge in [-0.2, -0.15) is 0 Å². The topological polar surface area (TPSA) is 103 Å². The van der Waals surface area contributed by atoms with Gasteiger partial charge in [0.1, 0.15) is 12.1 Å². The number of carbonyl (C=O) groups excluding carboxylic acids is 2. The second-order valence-corrected chi connectivity index (χ2v) is 11.4. The van der Waals surface area contributed by atoms with Gasteiger partial charge in [0.25, 0.3) is 0 Å². The van der Waals surface area contributed by atoms with E-state index in [0.717, 1.165) is 88.2 Å². The second kappa shape index (κ2) is 13.9. The first-order chi connectivity index (χ1) is 19.2. The van der Waals surface area contributed by atoms with E-state index >= 15 is 0 Å². The molecule has 0 radical (unpaired) electrons. The molecule has 2 aliphatic heterocycles. The molecule has 1 aromatic carbocycles. The van der Waals surface area contributed by atoms with Gasteiger partial charge in [0.05, 0.1) is 13.2 Å². The zero-order valence-electron chi connectivity index (χ0n) is 24.3. The number of ether oxygens (including phenoxy) is 2. The van der Waals surface area contributed by atoms with Gasteiger partial charge in [-0.15, -0.1) is 0 Å². The summed E-state index contributed by atoms with van der Waals surface area (Å²) in [5.74, 6) is 0.556. The number of hydrogen-bond donors (Lipinski definition) is 1. The van der Waals surface area contributed by atoms with E-state index in [1.807, 2.05) is 36.7 Å². The summed E-state index contributed by atoms with van der Waals surface area (Å²) in [4.78, 5) is 42.5. The molecule has 2 aliphatic rings. The normalized spacial score (nSPS) is 16.9. The molecular weight excluding hydrogens is 510 g/mol. The first kappa shape index (κ1) is 29.7. The van der Waals surface area contributed by atoms with Crippen molar-refractivity contribution in [2.24, 2.45) is 0 Å². The quantitative estimate of drug-likeness (QED) is 0.500. The third kappa shape index (κ3) is 9.14. The SMILES string of the molecule is CN(Cc1cccc(-c2cnc(N3CCN(CCN4CCOCC4)CC3)nc2)c1)C(=O)CNC(=O)OC(C)(C)C. The summed E-state index contributed by atoms with van der Waals surface area (Å²) in [6.07, 6.45) is 3.13. The minimum Gasteiger partial charge on any atom is -0.444 e. The molecule has 1 N–H and O–H groups in total. The van der Waals surface area contributed by atoms with E-state index < -0.39 is 11.7 Å². The monoisotopic (exact) mass is 553 g/mol. The number of anilines is 1. The lowest BCUT2D eigenvalue weighted by molar-refractivity contribution is -0.129. The van der Waals surface area contributed by atoms with Crippen molar-refractivity contribution in [2.75, 3.05) is 84.1 Å². The molecule has 2 saturated heterocycles. The van der Waals surface area contributed by atoms with Gasteiger partial charge in [-0.3, -0.25) is 14.6 Å². The zero-order valence-corrected chi connectivity index (χ0v) is 24.3. The van der Waals surface area contributed by atoms with Gasteiger partial charge in [0.2, 0.25) is 11.9 Å². The van der Waals surface area contributed by atoms with Crippen molar-refractivity contribution >= 4 is 17.9 Å². The van der Waals surface area contributed by atoms with E-state index in [9.17, 15) is 9.59 Å². The number of nitrogens with one attached hydrogen (secondary N) is 1. The highest BCUT2D eigenvalue weighted by Crippen LogP contribution is 2.21. The number of hydrogen-bond acceptors (Lipinski definition) is 9.